The highest BCUT2D eigenvalue weighted by Crippen LogP contribution is 2.35. The van der Waals surface area contributed by atoms with E-state index >= 15 is 0 Å². The molecule has 0 amide bonds. The summed E-state index contributed by atoms with van der Waals surface area (Å²) in [7, 11) is 1.67. The first kappa shape index (κ1) is 9.19. The molecule has 1 fully saturated rings. The molecule has 0 aromatic heterocycles. The van der Waals surface area contributed by atoms with Crippen LogP contribution in [0.25, 0.3) is 0 Å². The number of fused-ring (bicyclic) bond motifs is 2. The Morgan fingerprint density at radius 2 is 1.69 bits per heavy atom. The lowest BCUT2D eigenvalue weighted by Crippen LogP contribution is -2.51. The number of ether oxygens (including phenoxy) is 1. The van der Waals surface area contributed by atoms with E-state index in [0.29, 0.717) is 17.9 Å². The Bertz CT molecular complexity index is 199. The molecule has 0 aromatic carbocycles. The second kappa shape index (κ2) is 3.40. The third kappa shape index (κ3) is 1.41. The maximum atomic E-state index is 5.79. The molecule has 3 nitrogen and oxygen atoms in total. The fraction of sp³-hybridized carbons (Fsp3) is 0.800. The van der Waals surface area contributed by atoms with Gasteiger partial charge in [-0.25, -0.2) is 0 Å². The maximum absolute atomic E-state index is 5.79. The van der Waals surface area contributed by atoms with E-state index in [1.54, 1.807) is 7.11 Å². The molecule has 2 rings (SSSR count). The lowest BCUT2D eigenvalue weighted by Gasteiger charge is -2.39. The molecule has 0 spiro atoms. The second-order valence-electron chi connectivity index (χ2n) is 4.02. The molecule has 1 N–H and O–H groups in total. The molecule has 2 aliphatic heterocycles. The van der Waals surface area contributed by atoms with E-state index in [4.69, 9.17) is 9.57 Å². The normalized spacial score (nSPS) is 48.4. The quantitative estimate of drug-likeness (QED) is 0.514. The molecule has 0 aromatic rings. The van der Waals surface area contributed by atoms with Crippen molar-refractivity contribution >= 4 is 0 Å². The van der Waals surface area contributed by atoms with E-state index < -0.39 is 0 Å². The summed E-state index contributed by atoms with van der Waals surface area (Å²) in [4.78, 5) is 5.01. The summed E-state index contributed by atoms with van der Waals surface area (Å²) in [5, 5.41) is 0. The Morgan fingerprint density at radius 1 is 1.15 bits per heavy atom. The Balaban J connectivity index is 2.11. The monoisotopic (exact) mass is 183 g/mol. The van der Waals surface area contributed by atoms with Crippen molar-refractivity contribution in [3.05, 3.63) is 12.2 Å². The standard InChI is InChI=1S/C10H17NO2/c1-6-8-4-5-9(13-8)7(2)10(6)11-12-3/h4-11H,1-3H3/t6-,7+,8+,9-,10?. The van der Waals surface area contributed by atoms with Crippen molar-refractivity contribution in [1.82, 2.24) is 5.48 Å². The molecular formula is C10H17NO2. The highest BCUT2D eigenvalue weighted by atomic mass is 16.6. The topological polar surface area (TPSA) is 30.5 Å². The number of nitrogens with one attached hydrogen (secondary N) is 1. The van der Waals surface area contributed by atoms with Crippen molar-refractivity contribution in [3.8, 4) is 0 Å². The average molecular weight is 183 g/mol. The molecule has 2 aliphatic rings. The minimum atomic E-state index is 0.272. The van der Waals surface area contributed by atoms with Crippen molar-refractivity contribution < 1.29 is 9.57 Å². The predicted molar refractivity (Wildman–Crippen MR) is 50.1 cm³/mol. The van der Waals surface area contributed by atoms with Gasteiger partial charge in [0.05, 0.1) is 19.3 Å². The molecule has 0 aliphatic carbocycles. The van der Waals surface area contributed by atoms with Gasteiger partial charge in [-0.1, -0.05) is 26.0 Å². The first-order valence-corrected chi connectivity index (χ1v) is 4.86. The molecule has 1 saturated heterocycles. The molecule has 5 atom stereocenters. The minimum Gasteiger partial charge on any atom is -0.366 e. The molecule has 1 unspecified atom stereocenters. The van der Waals surface area contributed by atoms with Crippen molar-refractivity contribution in [2.75, 3.05) is 7.11 Å². The lowest BCUT2D eigenvalue weighted by molar-refractivity contribution is -0.0990. The Labute approximate surface area is 79.1 Å². The fourth-order valence-electron chi connectivity index (χ4n) is 2.33. The summed E-state index contributed by atoms with van der Waals surface area (Å²) in [6.07, 6.45) is 4.88. The zero-order valence-electron chi connectivity index (χ0n) is 8.36. The van der Waals surface area contributed by atoms with Crippen molar-refractivity contribution in [2.45, 2.75) is 32.1 Å². The van der Waals surface area contributed by atoms with Crippen LogP contribution in [0.3, 0.4) is 0 Å². The van der Waals surface area contributed by atoms with Gasteiger partial charge >= 0.3 is 0 Å². The number of hydrogen-bond donors (Lipinski definition) is 1. The van der Waals surface area contributed by atoms with E-state index in [9.17, 15) is 0 Å². The third-order valence-electron chi connectivity index (χ3n) is 3.23. The zero-order chi connectivity index (χ0) is 9.42. The van der Waals surface area contributed by atoms with Crippen LogP contribution >= 0.6 is 0 Å². The minimum absolute atomic E-state index is 0.272. The van der Waals surface area contributed by atoms with Gasteiger partial charge in [0.2, 0.25) is 0 Å². The highest BCUT2D eigenvalue weighted by molar-refractivity contribution is 5.12. The number of rotatable bonds is 2. The van der Waals surface area contributed by atoms with Crippen molar-refractivity contribution in [3.63, 3.8) is 0 Å². The summed E-state index contributed by atoms with van der Waals surface area (Å²) in [6.45, 7) is 4.40. The molecule has 3 heteroatoms. The van der Waals surface area contributed by atoms with Gasteiger partial charge in [-0.05, 0) is 0 Å². The van der Waals surface area contributed by atoms with Crippen LogP contribution in [0.1, 0.15) is 13.8 Å². The Morgan fingerprint density at radius 3 is 2.15 bits per heavy atom. The Hall–Kier alpha value is -0.380. The highest BCUT2D eigenvalue weighted by Gasteiger charge is 2.42. The largest absolute Gasteiger partial charge is 0.366 e. The van der Waals surface area contributed by atoms with E-state index in [1.807, 2.05) is 0 Å². The molecule has 13 heavy (non-hydrogen) atoms. The van der Waals surface area contributed by atoms with Crippen LogP contribution in [0.2, 0.25) is 0 Å². The predicted octanol–water partition coefficient (Wildman–Crippen LogP) is 1.12. The average Bonchev–Trinajstić information content (AvgIpc) is 2.56. The second-order valence-corrected chi connectivity index (χ2v) is 4.02. The molecular weight excluding hydrogens is 166 g/mol. The van der Waals surface area contributed by atoms with E-state index in [1.165, 1.54) is 0 Å². The smallest absolute Gasteiger partial charge is 0.0806 e. The molecule has 74 valence electrons. The van der Waals surface area contributed by atoms with E-state index in [2.05, 4.69) is 31.5 Å². The first-order valence-electron chi connectivity index (χ1n) is 4.86. The van der Waals surface area contributed by atoms with Crippen LogP contribution in [0, 0.1) is 11.8 Å². The van der Waals surface area contributed by atoms with Gasteiger partial charge < -0.3 is 9.57 Å². The fourth-order valence-corrected chi connectivity index (χ4v) is 2.33. The maximum Gasteiger partial charge on any atom is 0.0806 e. The van der Waals surface area contributed by atoms with Crippen LogP contribution in [0.4, 0.5) is 0 Å². The number of hydrogen-bond acceptors (Lipinski definition) is 3. The van der Waals surface area contributed by atoms with E-state index in [0.717, 1.165) is 0 Å². The first-order chi connectivity index (χ1) is 6.24. The van der Waals surface area contributed by atoms with Crippen LogP contribution in [0.5, 0.6) is 0 Å². The van der Waals surface area contributed by atoms with Gasteiger partial charge in [0.25, 0.3) is 0 Å². The molecule has 0 radical (unpaired) electrons. The van der Waals surface area contributed by atoms with Crippen molar-refractivity contribution in [2.24, 2.45) is 11.8 Å². The van der Waals surface area contributed by atoms with Gasteiger partial charge in [0, 0.05) is 17.9 Å². The van der Waals surface area contributed by atoms with Gasteiger partial charge in [-0.3, -0.25) is 0 Å². The van der Waals surface area contributed by atoms with Crippen LogP contribution in [0.15, 0.2) is 12.2 Å². The Kier molecular flexibility index (Phi) is 2.41. The molecule has 0 saturated carbocycles. The van der Waals surface area contributed by atoms with Gasteiger partial charge in [0.1, 0.15) is 0 Å². The van der Waals surface area contributed by atoms with Crippen LogP contribution < -0.4 is 5.48 Å². The molecule has 2 bridgehead atoms. The van der Waals surface area contributed by atoms with Gasteiger partial charge in [-0.2, -0.15) is 5.48 Å². The van der Waals surface area contributed by atoms with E-state index in [-0.39, 0.29) is 12.2 Å². The number of hydroxylamine groups is 1. The van der Waals surface area contributed by atoms with Crippen LogP contribution in [-0.4, -0.2) is 25.4 Å². The van der Waals surface area contributed by atoms with Crippen LogP contribution in [-0.2, 0) is 9.57 Å². The summed E-state index contributed by atoms with van der Waals surface area (Å²) in [6, 6.07) is 0.392. The summed E-state index contributed by atoms with van der Waals surface area (Å²) in [5.74, 6) is 0.954. The SMILES string of the molecule is CONC1[C@@H](C)[C@H]2C=C[C@H](O2)[C@H]1C. The lowest BCUT2D eigenvalue weighted by atomic mass is 9.84. The summed E-state index contributed by atoms with van der Waals surface area (Å²) < 4.78 is 5.79. The molecule has 2 heterocycles. The van der Waals surface area contributed by atoms with Gasteiger partial charge in [0.15, 0.2) is 0 Å². The third-order valence-corrected chi connectivity index (χ3v) is 3.23. The summed E-state index contributed by atoms with van der Waals surface area (Å²) >= 11 is 0. The zero-order valence-corrected chi connectivity index (χ0v) is 8.36. The van der Waals surface area contributed by atoms with Crippen molar-refractivity contribution in [1.29, 1.82) is 0 Å². The van der Waals surface area contributed by atoms with Gasteiger partial charge in [-0.15, -0.1) is 0 Å². The summed E-state index contributed by atoms with van der Waals surface area (Å²) in [5.41, 5.74) is 3.06.